The van der Waals surface area contributed by atoms with Crippen molar-refractivity contribution in [2.24, 2.45) is 5.10 Å². The zero-order valence-electron chi connectivity index (χ0n) is 21.0. The summed E-state index contributed by atoms with van der Waals surface area (Å²) >= 11 is 0. The number of benzene rings is 2. The average molecular weight is 501 g/mol. The van der Waals surface area contributed by atoms with Crippen LogP contribution in [0.4, 0.5) is 11.6 Å². The van der Waals surface area contributed by atoms with Gasteiger partial charge in [-0.3, -0.25) is 5.43 Å². The van der Waals surface area contributed by atoms with Crippen LogP contribution in [0.15, 0.2) is 59.8 Å². The Balaban J connectivity index is 1.30. The van der Waals surface area contributed by atoms with E-state index in [0.717, 1.165) is 71.6 Å². The van der Waals surface area contributed by atoms with Crippen LogP contribution in [0.25, 0.3) is 10.9 Å². The van der Waals surface area contributed by atoms with Crippen molar-refractivity contribution >= 4 is 28.8 Å². The third kappa shape index (κ3) is 6.07. The van der Waals surface area contributed by atoms with E-state index in [1.165, 1.54) is 0 Å². The van der Waals surface area contributed by atoms with Gasteiger partial charge >= 0.3 is 0 Å². The van der Waals surface area contributed by atoms with Crippen LogP contribution in [0, 0.1) is 0 Å². The van der Waals surface area contributed by atoms with E-state index in [0.29, 0.717) is 24.8 Å². The second-order valence-corrected chi connectivity index (χ2v) is 8.94. The Morgan fingerprint density at radius 3 is 2.84 bits per heavy atom. The maximum atomic E-state index is 9.46. The van der Waals surface area contributed by atoms with E-state index < -0.39 is 0 Å². The van der Waals surface area contributed by atoms with Crippen LogP contribution >= 0.6 is 0 Å². The van der Waals surface area contributed by atoms with Gasteiger partial charge < -0.3 is 24.5 Å². The van der Waals surface area contributed by atoms with Crippen LogP contribution in [-0.2, 0) is 24.2 Å². The molecule has 192 valence electrons. The summed E-state index contributed by atoms with van der Waals surface area (Å²) in [5.41, 5.74) is 7.13. The SMILES string of the molecule is COc1cc(CCCc2nc(N/N=C/c3c[nH]c4ccccc34)cc(N3CCOCC3)n2)ccc1CO. The molecule has 2 aromatic heterocycles. The number of para-hydroxylation sites is 1. The number of aliphatic hydroxyl groups excluding tert-OH is 1. The molecule has 0 amide bonds. The number of hydrazone groups is 1. The number of aliphatic hydroxyl groups is 1. The van der Waals surface area contributed by atoms with Gasteiger partial charge in [0.1, 0.15) is 17.4 Å². The topological polar surface area (TPSA) is 108 Å². The van der Waals surface area contributed by atoms with Crippen LogP contribution in [0.2, 0.25) is 0 Å². The van der Waals surface area contributed by atoms with Crippen LogP contribution < -0.4 is 15.1 Å². The van der Waals surface area contributed by atoms with Crippen molar-refractivity contribution in [2.45, 2.75) is 25.9 Å². The van der Waals surface area contributed by atoms with Crippen molar-refractivity contribution < 1.29 is 14.6 Å². The molecule has 2 aromatic carbocycles. The minimum atomic E-state index is -0.0375. The number of aryl methyl sites for hydroxylation is 2. The molecule has 1 fully saturated rings. The standard InChI is InChI=1S/C28H32N6O3/c1-36-25-15-20(9-10-21(25)19-35)5-4-8-26-31-27(16-28(32-26)34-11-13-37-14-12-34)33-30-18-22-17-29-24-7-3-2-6-23(22)24/h2-3,6-7,9-10,15-18,29,35H,4-5,8,11-14,19H2,1H3,(H,31,32,33)/b30-18+. The zero-order valence-corrected chi connectivity index (χ0v) is 21.0. The molecule has 3 heterocycles. The summed E-state index contributed by atoms with van der Waals surface area (Å²) in [6.45, 7) is 2.93. The Kier molecular flexibility index (Phi) is 7.93. The first-order valence-electron chi connectivity index (χ1n) is 12.6. The van der Waals surface area contributed by atoms with E-state index in [4.69, 9.17) is 19.4 Å². The summed E-state index contributed by atoms with van der Waals surface area (Å²) in [4.78, 5) is 15.1. The normalized spacial score (nSPS) is 13.9. The first-order chi connectivity index (χ1) is 18.2. The molecule has 1 aliphatic heterocycles. The number of H-pyrrole nitrogens is 1. The van der Waals surface area contributed by atoms with Crippen molar-refractivity contribution in [3.8, 4) is 5.75 Å². The summed E-state index contributed by atoms with van der Waals surface area (Å²) in [6, 6.07) is 16.0. The Hall–Kier alpha value is -3.95. The number of fused-ring (bicyclic) bond motifs is 1. The van der Waals surface area contributed by atoms with Gasteiger partial charge in [-0.05, 0) is 30.5 Å². The summed E-state index contributed by atoms with van der Waals surface area (Å²) < 4.78 is 10.9. The molecule has 0 saturated carbocycles. The summed E-state index contributed by atoms with van der Waals surface area (Å²) in [6.07, 6.45) is 6.21. The van der Waals surface area contributed by atoms with Gasteiger partial charge in [-0.1, -0.05) is 30.3 Å². The molecule has 3 N–H and O–H groups in total. The number of methoxy groups -OCH3 is 1. The molecule has 0 radical (unpaired) electrons. The van der Waals surface area contributed by atoms with Crippen LogP contribution in [0.5, 0.6) is 5.75 Å². The lowest BCUT2D eigenvalue weighted by molar-refractivity contribution is 0.122. The van der Waals surface area contributed by atoms with E-state index in [1.807, 2.05) is 48.7 Å². The summed E-state index contributed by atoms with van der Waals surface area (Å²) in [5, 5.41) is 15.0. The smallest absolute Gasteiger partial charge is 0.152 e. The highest BCUT2D eigenvalue weighted by Gasteiger charge is 2.15. The van der Waals surface area contributed by atoms with E-state index in [1.54, 1.807) is 13.3 Å². The second-order valence-electron chi connectivity index (χ2n) is 8.94. The Morgan fingerprint density at radius 1 is 1.14 bits per heavy atom. The largest absolute Gasteiger partial charge is 0.496 e. The van der Waals surface area contributed by atoms with Gasteiger partial charge in [0.2, 0.25) is 0 Å². The van der Waals surface area contributed by atoms with Gasteiger partial charge in [0, 0.05) is 53.8 Å². The number of ether oxygens (including phenoxy) is 2. The van der Waals surface area contributed by atoms with Crippen molar-refractivity contribution in [3.63, 3.8) is 0 Å². The van der Waals surface area contributed by atoms with Crippen molar-refractivity contribution in [3.05, 3.63) is 77.2 Å². The maximum absolute atomic E-state index is 9.46. The fourth-order valence-electron chi connectivity index (χ4n) is 4.50. The molecular weight excluding hydrogens is 468 g/mol. The minimum absolute atomic E-state index is 0.0375. The molecule has 9 nitrogen and oxygen atoms in total. The average Bonchev–Trinajstić information content (AvgIpc) is 3.36. The monoisotopic (exact) mass is 500 g/mol. The number of nitrogens with zero attached hydrogens (tertiary/aromatic N) is 4. The molecule has 37 heavy (non-hydrogen) atoms. The fraction of sp³-hybridized carbons (Fsp3) is 0.321. The van der Waals surface area contributed by atoms with Crippen molar-refractivity contribution in [1.82, 2.24) is 15.0 Å². The van der Waals surface area contributed by atoms with Gasteiger partial charge in [0.05, 0.1) is 33.1 Å². The Labute approximate surface area is 216 Å². The zero-order chi connectivity index (χ0) is 25.5. The summed E-state index contributed by atoms with van der Waals surface area (Å²) in [7, 11) is 1.62. The molecule has 4 aromatic rings. The highest BCUT2D eigenvalue weighted by Crippen LogP contribution is 2.22. The maximum Gasteiger partial charge on any atom is 0.152 e. The molecule has 1 aliphatic rings. The highest BCUT2D eigenvalue weighted by molar-refractivity contribution is 5.99. The van der Waals surface area contributed by atoms with Crippen LogP contribution in [-0.4, -0.2) is 59.7 Å². The third-order valence-electron chi connectivity index (χ3n) is 6.49. The van der Waals surface area contributed by atoms with Crippen molar-refractivity contribution in [2.75, 3.05) is 43.7 Å². The van der Waals surface area contributed by atoms with E-state index in [-0.39, 0.29) is 6.61 Å². The number of hydrogen-bond acceptors (Lipinski definition) is 8. The molecule has 9 heteroatoms. The van der Waals surface area contributed by atoms with E-state index in [9.17, 15) is 5.11 Å². The predicted octanol–water partition coefficient (Wildman–Crippen LogP) is 3.92. The molecular formula is C28H32N6O3. The molecule has 1 saturated heterocycles. The fourth-order valence-corrected chi connectivity index (χ4v) is 4.50. The number of hydrogen-bond donors (Lipinski definition) is 3. The molecule has 0 aliphatic carbocycles. The number of aromatic amines is 1. The molecule has 0 spiro atoms. The molecule has 5 rings (SSSR count). The number of anilines is 2. The number of nitrogens with one attached hydrogen (secondary N) is 2. The summed E-state index contributed by atoms with van der Waals surface area (Å²) in [5.74, 6) is 3.03. The van der Waals surface area contributed by atoms with Gasteiger partial charge in [-0.15, -0.1) is 0 Å². The first kappa shape index (κ1) is 24.7. The predicted molar refractivity (Wildman–Crippen MR) is 146 cm³/mol. The van der Waals surface area contributed by atoms with Crippen molar-refractivity contribution in [1.29, 1.82) is 0 Å². The van der Waals surface area contributed by atoms with E-state index >= 15 is 0 Å². The van der Waals surface area contributed by atoms with Crippen LogP contribution in [0.1, 0.15) is 28.9 Å². The van der Waals surface area contributed by atoms with E-state index in [2.05, 4.69) is 26.5 Å². The molecule has 0 unspecified atom stereocenters. The van der Waals surface area contributed by atoms with Gasteiger partial charge in [-0.25, -0.2) is 9.97 Å². The first-order valence-corrected chi connectivity index (χ1v) is 12.6. The lowest BCUT2D eigenvalue weighted by Crippen LogP contribution is -2.37. The second kappa shape index (κ2) is 11.9. The van der Waals surface area contributed by atoms with Gasteiger partial charge in [0.15, 0.2) is 5.82 Å². The Bertz CT molecular complexity index is 1360. The number of morpholine rings is 1. The van der Waals surface area contributed by atoms with Gasteiger partial charge in [-0.2, -0.15) is 5.10 Å². The molecule has 0 atom stereocenters. The number of aromatic nitrogens is 3. The lowest BCUT2D eigenvalue weighted by Gasteiger charge is -2.28. The molecule has 0 bridgehead atoms. The quantitative estimate of drug-likeness (QED) is 0.224. The number of rotatable bonds is 10. The lowest BCUT2D eigenvalue weighted by atomic mass is 10.0. The van der Waals surface area contributed by atoms with Crippen LogP contribution in [0.3, 0.4) is 0 Å². The van der Waals surface area contributed by atoms with Gasteiger partial charge in [0.25, 0.3) is 0 Å². The highest BCUT2D eigenvalue weighted by atomic mass is 16.5. The Morgan fingerprint density at radius 2 is 2.00 bits per heavy atom. The third-order valence-corrected chi connectivity index (χ3v) is 6.49. The minimum Gasteiger partial charge on any atom is -0.496 e.